The van der Waals surface area contributed by atoms with Crippen molar-refractivity contribution in [3.05, 3.63) is 52.9 Å². The lowest BCUT2D eigenvalue weighted by atomic mass is 9.87. The van der Waals surface area contributed by atoms with Gasteiger partial charge in [0.2, 0.25) is 0 Å². The quantitative estimate of drug-likeness (QED) is 0.679. The number of carbonyl (C=O) groups is 1. The molecule has 7 heteroatoms. The third kappa shape index (κ3) is 4.82. The average Bonchev–Trinajstić information content (AvgIpc) is 3.21. The average molecular weight is 422 g/mol. The van der Waals surface area contributed by atoms with Crippen LogP contribution < -0.4 is 0 Å². The van der Waals surface area contributed by atoms with Gasteiger partial charge in [0.25, 0.3) is 10.0 Å². The Morgan fingerprint density at radius 1 is 1.14 bits per heavy atom. The van der Waals surface area contributed by atoms with Crippen molar-refractivity contribution in [3.8, 4) is 0 Å². The number of nitrogens with zero attached hydrogens (tertiary/aromatic N) is 1. The van der Waals surface area contributed by atoms with Crippen LogP contribution in [-0.4, -0.2) is 31.8 Å². The van der Waals surface area contributed by atoms with Crippen molar-refractivity contribution in [2.24, 2.45) is 5.92 Å². The van der Waals surface area contributed by atoms with Crippen LogP contribution in [0.1, 0.15) is 44.7 Å². The normalized spacial score (nSPS) is 16.8. The fraction of sp³-hybridized carbons (Fsp3) is 0.476. The maximum absolute atomic E-state index is 12.6. The molecule has 0 saturated carbocycles. The molecule has 1 aromatic heterocycles. The van der Waals surface area contributed by atoms with Crippen molar-refractivity contribution in [3.63, 3.8) is 0 Å². The van der Waals surface area contributed by atoms with Gasteiger partial charge in [-0.05, 0) is 40.8 Å². The highest BCUT2D eigenvalue weighted by Crippen LogP contribution is 2.27. The predicted octanol–water partition coefficient (Wildman–Crippen LogP) is 4.19. The molecule has 28 heavy (non-hydrogen) atoms. The first-order valence-corrected chi connectivity index (χ1v) is 11.8. The fourth-order valence-electron chi connectivity index (χ4n) is 3.24. The lowest BCUT2D eigenvalue weighted by Gasteiger charge is -2.29. The maximum Gasteiger partial charge on any atom is 0.309 e. The van der Waals surface area contributed by atoms with Gasteiger partial charge in [0.15, 0.2) is 0 Å². The molecule has 2 heterocycles. The van der Waals surface area contributed by atoms with E-state index in [-0.39, 0.29) is 23.9 Å². The molecule has 0 amide bonds. The SMILES string of the molecule is CC(C)(C)c1ccc(COC(=O)C2CCN(S(=O)(=O)c3cccs3)CC2)cc1. The number of carbonyl (C=O) groups excluding carboxylic acids is 1. The van der Waals surface area contributed by atoms with Gasteiger partial charge in [0, 0.05) is 13.1 Å². The molecule has 1 fully saturated rings. The zero-order valence-electron chi connectivity index (χ0n) is 16.6. The second-order valence-electron chi connectivity index (χ2n) is 8.17. The van der Waals surface area contributed by atoms with Crippen LogP contribution in [0.5, 0.6) is 0 Å². The zero-order valence-corrected chi connectivity index (χ0v) is 18.2. The van der Waals surface area contributed by atoms with E-state index in [1.165, 1.54) is 21.2 Å². The summed E-state index contributed by atoms with van der Waals surface area (Å²) in [6, 6.07) is 11.5. The van der Waals surface area contributed by atoms with Crippen LogP contribution in [0.25, 0.3) is 0 Å². The summed E-state index contributed by atoms with van der Waals surface area (Å²) in [5.74, 6) is -0.489. The van der Waals surface area contributed by atoms with Gasteiger partial charge in [0.1, 0.15) is 10.8 Å². The van der Waals surface area contributed by atoms with Crippen molar-refractivity contribution < 1.29 is 17.9 Å². The van der Waals surface area contributed by atoms with Crippen molar-refractivity contribution in [1.29, 1.82) is 0 Å². The van der Waals surface area contributed by atoms with Gasteiger partial charge in [-0.15, -0.1) is 11.3 Å². The Kier molecular flexibility index (Phi) is 6.27. The highest BCUT2D eigenvalue weighted by atomic mass is 32.2. The van der Waals surface area contributed by atoms with Crippen LogP contribution in [0, 0.1) is 5.92 Å². The van der Waals surface area contributed by atoms with E-state index in [0.29, 0.717) is 30.1 Å². The molecule has 0 N–H and O–H groups in total. The summed E-state index contributed by atoms with van der Waals surface area (Å²) in [6.07, 6.45) is 0.985. The first-order chi connectivity index (χ1) is 13.2. The number of benzene rings is 1. The molecule has 152 valence electrons. The molecule has 3 rings (SSSR count). The molecule has 0 aliphatic carbocycles. The molecule has 0 radical (unpaired) electrons. The van der Waals surface area contributed by atoms with Gasteiger partial charge in [-0.3, -0.25) is 4.79 Å². The number of sulfonamides is 1. The summed E-state index contributed by atoms with van der Waals surface area (Å²) >= 11 is 1.22. The number of esters is 1. The fourth-order valence-corrected chi connectivity index (χ4v) is 5.86. The van der Waals surface area contributed by atoms with Gasteiger partial charge >= 0.3 is 5.97 Å². The van der Waals surface area contributed by atoms with Crippen LogP contribution >= 0.6 is 11.3 Å². The van der Waals surface area contributed by atoms with E-state index < -0.39 is 10.0 Å². The summed E-state index contributed by atoms with van der Waals surface area (Å²) in [6.45, 7) is 7.42. The Morgan fingerprint density at radius 2 is 1.79 bits per heavy atom. The van der Waals surface area contributed by atoms with Crippen molar-refractivity contribution >= 4 is 27.3 Å². The van der Waals surface area contributed by atoms with Gasteiger partial charge in [-0.25, -0.2) is 8.42 Å². The van der Waals surface area contributed by atoms with Gasteiger partial charge < -0.3 is 4.74 Å². The van der Waals surface area contributed by atoms with Crippen LogP contribution in [0.3, 0.4) is 0 Å². The minimum Gasteiger partial charge on any atom is -0.461 e. The van der Waals surface area contributed by atoms with Crippen LogP contribution in [0.4, 0.5) is 0 Å². The largest absolute Gasteiger partial charge is 0.461 e. The number of thiophene rings is 1. The molecule has 1 aliphatic rings. The molecular formula is C21H27NO4S2. The van der Waals surface area contributed by atoms with E-state index in [1.54, 1.807) is 17.5 Å². The van der Waals surface area contributed by atoms with E-state index in [0.717, 1.165) is 5.56 Å². The first-order valence-electron chi connectivity index (χ1n) is 9.47. The number of hydrogen-bond acceptors (Lipinski definition) is 5. The molecule has 0 bridgehead atoms. The second kappa shape index (κ2) is 8.35. The maximum atomic E-state index is 12.6. The molecule has 0 unspecified atom stereocenters. The van der Waals surface area contributed by atoms with E-state index in [9.17, 15) is 13.2 Å². The van der Waals surface area contributed by atoms with Gasteiger partial charge in [0.05, 0.1) is 5.92 Å². The third-order valence-electron chi connectivity index (χ3n) is 5.08. The number of piperidine rings is 1. The summed E-state index contributed by atoms with van der Waals surface area (Å²) in [7, 11) is -3.44. The number of hydrogen-bond donors (Lipinski definition) is 0. The third-order valence-corrected chi connectivity index (χ3v) is 8.35. The molecule has 1 aromatic carbocycles. The first kappa shape index (κ1) is 21.0. The Hall–Kier alpha value is -1.70. The molecule has 1 aliphatic heterocycles. The molecule has 0 atom stereocenters. The Morgan fingerprint density at radius 3 is 2.32 bits per heavy atom. The predicted molar refractivity (Wildman–Crippen MR) is 111 cm³/mol. The second-order valence-corrected chi connectivity index (χ2v) is 11.3. The van der Waals surface area contributed by atoms with E-state index in [2.05, 4.69) is 32.9 Å². The molecule has 2 aromatic rings. The highest BCUT2D eigenvalue weighted by Gasteiger charge is 2.33. The molecular weight excluding hydrogens is 394 g/mol. The topological polar surface area (TPSA) is 63.7 Å². The van der Waals surface area contributed by atoms with Crippen LogP contribution in [0.2, 0.25) is 0 Å². The summed E-state index contributed by atoms with van der Waals surface area (Å²) in [5, 5.41) is 1.75. The Balaban J connectivity index is 1.50. The standard InChI is InChI=1S/C21H27NO4S2/c1-21(2,3)18-8-6-16(7-9-18)15-26-20(23)17-10-12-22(13-11-17)28(24,25)19-5-4-14-27-19/h4-9,14,17H,10-13,15H2,1-3H3. The van der Waals surface area contributed by atoms with E-state index in [4.69, 9.17) is 4.74 Å². The van der Waals surface area contributed by atoms with Crippen molar-refractivity contribution in [1.82, 2.24) is 4.31 Å². The Bertz CT molecular complexity index is 889. The molecule has 0 spiro atoms. The summed E-state index contributed by atoms with van der Waals surface area (Å²) < 4.78 is 32.4. The van der Waals surface area contributed by atoms with Gasteiger partial charge in [-0.2, -0.15) is 4.31 Å². The smallest absolute Gasteiger partial charge is 0.309 e. The van der Waals surface area contributed by atoms with Crippen LogP contribution in [-0.2, 0) is 31.6 Å². The minimum absolute atomic E-state index is 0.0899. The minimum atomic E-state index is -3.44. The van der Waals surface area contributed by atoms with Crippen LogP contribution in [0.15, 0.2) is 46.0 Å². The monoisotopic (exact) mass is 421 g/mol. The van der Waals surface area contributed by atoms with E-state index >= 15 is 0 Å². The van der Waals surface area contributed by atoms with Crippen molar-refractivity contribution in [2.45, 2.75) is 49.8 Å². The zero-order chi connectivity index (χ0) is 20.4. The highest BCUT2D eigenvalue weighted by molar-refractivity contribution is 7.91. The number of ether oxygens (including phenoxy) is 1. The number of rotatable bonds is 5. The summed E-state index contributed by atoms with van der Waals surface area (Å²) in [4.78, 5) is 12.4. The Labute approximate surface area is 171 Å². The molecule has 5 nitrogen and oxygen atoms in total. The molecule has 1 saturated heterocycles. The lowest BCUT2D eigenvalue weighted by molar-refractivity contribution is -0.151. The van der Waals surface area contributed by atoms with Crippen molar-refractivity contribution in [2.75, 3.05) is 13.1 Å². The lowest BCUT2D eigenvalue weighted by Crippen LogP contribution is -2.40. The van der Waals surface area contributed by atoms with E-state index in [1.807, 2.05) is 12.1 Å². The van der Waals surface area contributed by atoms with Gasteiger partial charge in [-0.1, -0.05) is 51.1 Å². The summed E-state index contributed by atoms with van der Waals surface area (Å²) in [5.41, 5.74) is 2.29.